The number of nitrogens with zero attached hydrogens (tertiary/aromatic N) is 1. The van der Waals surface area contributed by atoms with Gasteiger partial charge >= 0.3 is 5.97 Å². The van der Waals surface area contributed by atoms with Gasteiger partial charge in [-0.15, -0.1) is 0 Å². The van der Waals surface area contributed by atoms with Crippen molar-refractivity contribution >= 4 is 5.97 Å². The standard InChI is InChI=1S/C18H27NO3/c1-4-11-19(12-5-2)14-10-9-13-7-6-8-15(22-3)16(13)17(14)18(20)21/h6-8,14,17H,4-5,9-12H2,1-3H3,(H,20,21). The quantitative estimate of drug-likeness (QED) is 0.839. The molecule has 1 aliphatic carbocycles. The van der Waals surface area contributed by atoms with E-state index in [0.29, 0.717) is 5.75 Å². The molecular weight excluding hydrogens is 278 g/mol. The number of hydrogen-bond acceptors (Lipinski definition) is 3. The normalized spacial score (nSPS) is 20.7. The second kappa shape index (κ2) is 7.63. The third kappa shape index (κ3) is 3.27. The van der Waals surface area contributed by atoms with E-state index in [0.717, 1.165) is 49.9 Å². The van der Waals surface area contributed by atoms with Crippen molar-refractivity contribution in [2.75, 3.05) is 20.2 Å². The monoisotopic (exact) mass is 305 g/mol. The van der Waals surface area contributed by atoms with Crippen molar-refractivity contribution in [3.8, 4) is 5.75 Å². The summed E-state index contributed by atoms with van der Waals surface area (Å²) in [4.78, 5) is 14.4. The molecule has 1 aromatic carbocycles. The van der Waals surface area contributed by atoms with Gasteiger partial charge < -0.3 is 9.84 Å². The van der Waals surface area contributed by atoms with Crippen LogP contribution in [0.3, 0.4) is 0 Å². The maximum atomic E-state index is 12.0. The number of fused-ring (bicyclic) bond motifs is 1. The summed E-state index contributed by atoms with van der Waals surface area (Å²) in [5.41, 5.74) is 2.00. The molecule has 122 valence electrons. The van der Waals surface area contributed by atoms with E-state index in [1.807, 2.05) is 18.2 Å². The molecule has 1 N–H and O–H groups in total. The van der Waals surface area contributed by atoms with Gasteiger partial charge in [-0.25, -0.2) is 0 Å². The number of hydrogen-bond donors (Lipinski definition) is 1. The molecule has 4 heteroatoms. The van der Waals surface area contributed by atoms with Crippen LogP contribution in [0.1, 0.15) is 50.2 Å². The van der Waals surface area contributed by atoms with Gasteiger partial charge in [0.05, 0.1) is 7.11 Å². The van der Waals surface area contributed by atoms with Crippen LogP contribution < -0.4 is 4.74 Å². The van der Waals surface area contributed by atoms with Crippen molar-refractivity contribution < 1.29 is 14.6 Å². The summed E-state index contributed by atoms with van der Waals surface area (Å²) in [5, 5.41) is 9.88. The summed E-state index contributed by atoms with van der Waals surface area (Å²) in [6, 6.07) is 5.92. The third-order valence-electron chi connectivity index (χ3n) is 4.54. The average Bonchev–Trinajstić information content (AvgIpc) is 2.52. The lowest BCUT2D eigenvalue weighted by Crippen LogP contribution is -2.45. The van der Waals surface area contributed by atoms with Gasteiger partial charge in [0.25, 0.3) is 0 Å². The second-order valence-electron chi connectivity index (χ2n) is 5.99. The molecule has 22 heavy (non-hydrogen) atoms. The zero-order chi connectivity index (χ0) is 16.1. The smallest absolute Gasteiger partial charge is 0.312 e. The molecule has 0 amide bonds. The van der Waals surface area contributed by atoms with Gasteiger partial charge in [-0.2, -0.15) is 0 Å². The van der Waals surface area contributed by atoms with Crippen LogP contribution in [-0.4, -0.2) is 42.2 Å². The minimum atomic E-state index is -0.743. The first-order chi connectivity index (χ1) is 10.6. The Bertz CT molecular complexity index is 495. The highest BCUT2D eigenvalue weighted by atomic mass is 16.5. The SMILES string of the molecule is CCCN(CCC)C1CCc2cccc(OC)c2C1C(=O)O. The van der Waals surface area contributed by atoms with Crippen molar-refractivity contribution in [2.45, 2.75) is 51.5 Å². The number of aliphatic carboxylic acids is 1. The molecule has 0 fully saturated rings. The summed E-state index contributed by atoms with van der Waals surface area (Å²) in [6.07, 6.45) is 3.91. The number of rotatable bonds is 7. The van der Waals surface area contributed by atoms with Crippen molar-refractivity contribution in [3.05, 3.63) is 29.3 Å². The van der Waals surface area contributed by atoms with E-state index in [-0.39, 0.29) is 6.04 Å². The number of carbonyl (C=O) groups is 1. The van der Waals surface area contributed by atoms with Crippen LogP contribution >= 0.6 is 0 Å². The highest BCUT2D eigenvalue weighted by Gasteiger charge is 2.39. The van der Waals surface area contributed by atoms with E-state index in [1.165, 1.54) is 0 Å². The minimum Gasteiger partial charge on any atom is -0.496 e. The van der Waals surface area contributed by atoms with Crippen molar-refractivity contribution in [1.82, 2.24) is 4.90 Å². The predicted molar refractivity (Wildman–Crippen MR) is 87.6 cm³/mol. The first kappa shape index (κ1) is 16.8. The first-order valence-electron chi connectivity index (χ1n) is 8.26. The number of ether oxygens (including phenoxy) is 1. The van der Waals surface area contributed by atoms with Crippen LogP contribution in [0.2, 0.25) is 0 Å². The minimum absolute atomic E-state index is 0.0567. The summed E-state index contributed by atoms with van der Waals surface area (Å²) in [5.74, 6) is -0.534. The van der Waals surface area contributed by atoms with Gasteiger partial charge in [-0.3, -0.25) is 9.69 Å². The number of carboxylic acid groups (broad SMARTS) is 1. The van der Waals surface area contributed by atoms with E-state index >= 15 is 0 Å². The summed E-state index contributed by atoms with van der Waals surface area (Å²) >= 11 is 0. The summed E-state index contributed by atoms with van der Waals surface area (Å²) in [7, 11) is 1.62. The van der Waals surface area contributed by atoms with Crippen LogP contribution in [0.5, 0.6) is 5.75 Å². The van der Waals surface area contributed by atoms with Gasteiger partial charge in [0, 0.05) is 11.6 Å². The third-order valence-corrected chi connectivity index (χ3v) is 4.54. The lowest BCUT2D eigenvalue weighted by molar-refractivity contribution is -0.141. The molecule has 0 spiro atoms. The summed E-state index contributed by atoms with van der Waals surface area (Å²) in [6.45, 7) is 6.20. The van der Waals surface area contributed by atoms with Crippen LogP contribution in [0.15, 0.2) is 18.2 Å². The van der Waals surface area contributed by atoms with Crippen molar-refractivity contribution in [2.24, 2.45) is 0 Å². The van der Waals surface area contributed by atoms with Crippen LogP contribution in [0.4, 0.5) is 0 Å². The Balaban J connectivity index is 2.43. The van der Waals surface area contributed by atoms with Gasteiger partial charge in [0.1, 0.15) is 11.7 Å². The molecule has 0 saturated carbocycles. The van der Waals surface area contributed by atoms with Gasteiger partial charge in [0.2, 0.25) is 0 Å². The van der Waals surface area contributed by atoms with E-state index in [4.69, 9.17) is 4.74 Å². The van der Waals surface area contributed by atoms with E-state index in [2.05, 4.69) is 18.7 Å². The molecule has 1 aromatic rings. The Morgan fingerprint density at radius 2 is 2.00 bits per heavy atom. The molecule has 4 nitrogen and oxygen atoms in total. The number of aryl methyl sites for hydroxylation is 1. The molecule has 0 aliphatic heterocycles. The molecule has 1 aliphatic rings. The molecule has 0 bridgehead atoms. The number of carboxylic acids is 1. The largest absolute Gasteiger partial charge is 0.496 e. The van der Waals surface area contributed by atoms with Gasteiger partial charge in [-0.1, -0.05) is 26.0 Å². The molecule has 2 unspecified atom stereocenters. The molecular formula is C18H27NO3. The Hall–Kier alpha value is -1.55. The second-order valence-corrected chi connectivity index (χ2v) is 5.99. The fourth-order valence-corrected chi connectivity index (χ4v) is 3.70. The molecule has 0 heterocycles. The topological polar surface area (TPSA) is 49.8 Å². The first-order valence-corrected chi connectivity index (χ1v) is 8.26. The average molecular weight is 305 g/mol. The summed E-state index contributed by atoms with van der Waals surface area (Å²) < 4.78 is 5.46. The van der Waals surface area contributed by atoms with Gasteiger partial charge in [-0.05, 0) is 50.4 Å². The van der Waals surface area contributed by atoms with Crippen molar-refractivity contribution in [3.63, 3.8) is 0 Å². The van der Waals surface area contributed by atoms with Crippen LogP contribution in [0.25, 0.3) is 0 Å². The zero-order valence-electron chi connectivity index (χ0n) is 13.8. The predicted octanol–water partition coefficient (Wildman–Crippen LogP) is 3.30. The lowest BCUT2D eigenvalue weighted by Gasteiger charge is -2.39. The number of benzene rings is 1. The molecule has 0 saturated heterocycles. The fraction of sp³-hybridized carbons (Fsp3) is 0.611. The zero-order valence-corrected chi connectivity index (χ0v) is 13.8. The Labute approximate surface area is 133 Å². The number of methoxy groups -OCH3 is 1. The molecule has 2 rings (SSSR count). The molecule has 0 aromatic heterocycles. The maximum Gasteiger partial charge on any atom is 0.312 e. The Kier molecular flexibility index (Phi) is 5.83. The van der Waals surface area contributed by atoms with E-state index in [9.17, 15) is 9.90 Å². The van der Waals surface area contributed by atoms with Crippen LogP contribution in [0, 0.1) is 0 Å². The Morgan fingerprint density at radius 3 is 2.55 bits per heavy atom. The van der Waals surface area contributed by atoms with Crippen molar-refractivity contribution in [1.29, 1.82) is 0 Å². The lowest BCUT2D eigenvalue weighted by atomic mass is 9.77. The fourth-order valence-electron chi connectivity index (χ4n) is 3.70. The molecule has 0 radical (unpaired) electrons. The highest BCUT2D eigenvalue weighted by molar-refractivity contribution is 5.79. The Morgan fingerprint density at radius 1 is 1.32 bits per heavy atom. The van der Waals surface area contributed by atoms with Gasteiger partial charge in [0.15, 0.2) is 0 Å². The highest BCUT2D eigenvalue weighted by Crippen LogP contribution is 2.40. The molecule has 2 atom stereocenters. The maximum absolute atomic E-state index is 12.0. The van der Waals surface area contributed by atoms with E-state index < -0.39 is 11.9 Å². The van der Waals surface area contributed by atoms with Crippen LogP contribution in [-0.2, 0) is 11.2 Å². The van der Waals surface area contributed by atoms with E-state index in [1.54, 1.807) is 7.11 Å².